The Bertz CT molecular complexity index is 273. The molecule has 104 valence electrons. The second-order valence-corrected chi connectivity index (χ2v) is 5.08. The minimum Gasteiger partial charge on any atom is -0.411 e. The Kier molecular flexibility index (Phi) is 5.41. The van der Waals surface area contributed by atoms with Crippen LogP contribution in [0.3, 0.4) is 0 Å². The Morgan fingerprint density at radius 2 is 2.22 bits per heavy atom. The van der Waals surface area contributed by atoms with Crippen LogP contribution in [0.5, 0.6) is 0 Å². The first-order valence-corrected chi connectivity index (χ1v) is 6.97. The fourth-order valence-electron chi connectivity index (χ4n) is 2.60. The smallest absolute Gasteiger partial charge is 0.0935 e. The highest BCUT2D eigenvalue weighted by molar-refractivity contribution is 5.84. The van der Waals surface area contributed by atoms with E-state index in [0.717, 1.165) is 57.6 Å². The van der Waals surface area contributed by atoms with Gasteiger partial charge in [0, 0.05) is 13.1 Å². The molecule has 1 N–H and O–H groups in total. The van der Waals surface area contributed by atoms with Gasteiger partial charge in [-0.25, -0.2) is 0 Å². The Labute approximate surface area is 109 Å². The summed E-state index contributed by atoms with van der Waals surface area (Å²) in [4.78, 5) is 2.40. The van der Waals surface area contributed by atoms with E-state index in [9.17, 15) is 0 Å². The number of nitrogens with zero attached hydrogens (tertiary/aromatic N) is 2. The Morgan fingerprint density at radius 3 is 2.89 bits per heavy atom. The number of likely N-dealkylation sites (N-methyl/N-ethyl adjacent to an activating group) is 1. The van der Waals surface area contributed by atoms with E-state index < -0.39 is 0 Å². The normalized spacial score (nSPS) is 30.4. The largest absolute Gasteiger partial charge is 0.411 e. The zero-order chi connectivity index (χ0) is 12.8. The number of hydrogen-bond donors (Lipinski definition) is 1. The van der Waals surface area contributed by atoms with Crippen LogP contribution in [0.2, 0.25) is 0 Å². The summed E-state index contributed by atoms with van der Waals surface area (Å²) in [5.41, 5.74) is 0.904. The van der Waals surface area contributed by atoms with Gasteiger partial charge in [-0.1, -0.05) is 12.1 Å². The fraction of sp³-hybridized carbons (Fsp3) is 0.923. The van der Waals surface area contributed by atoms with Crippen LogP contribution in [-0.4, -0.2) is 60.9 Å². The van der Waals surface area contributed by atoms with E-state index >= 15 is 0 Å². The average molecular weight is 256 g/mol. The van der Waals surface area contributed by atoms with Gasteiger partial charge in [-0.15, -0.1) is 0 Å². The topological polar surface area (TPSA) is 54.3 Å². The minimum atomic E-state index is 0.214. The highest BCUT2D eigenvalue weighted by atomic mass is 16.5. The molecule has 0 radical (unpaired) electrons. The van der Waals surface area contributed by atoms with Crippen molar-refractivity contribution in [1.29, 1.82) is 0 Å². The lowest BCUT2D eigenvalue weighted by Gasteiger charge is -2.33. The summed E-state index contributed by atoms with van der Waals surface area (Å²) < 4.78 is 11.6. The first-order valence-electron chi connectivity index (χ1n) is 6.97. The molecule has 1 unspecified atom stereocenters. The molecule has 0 spiro atoms. The summed E-state index contributed by atoms with van der Waals surface area (Å²) in [6.45, 7) is 6.78. The van der Waals surface area contributed by atoms with Gasteiger partial charge >= 0.3 is 0 Å². The Hall–Kier alpha value is -0.650. The fourth-order valence-corrected chi connectivity index (χ4v) is 2.60. The van der Waals surface area contributed by atoms with Gasteiger partial charge in [0.2, 0.25) is 0 Å². The highest BCUT2D eigenvalue weighted by Gasteiger charge is 2.23. The SMILES string of the molecule is CCN1CCOC(COC2CCC(=NO)CC2)C1. The molecule has 0 aromatic heterocycles. The van der Waals surface area contributed by atoms with Crippen LogP contribution in [-0.2, 0) is 9.47 Å². The van der Waals surface area contributed by atoms with E-state index in [1.165, 1.54) is 0 Å². The molecule has 1 atom stereocenters. The molecule has 0 aromatic carbocycles. The lowest BCUT2D eigenvalue weighted by atomic mass is 9.96. The van der Waals surface area contributed by atoms with Crippen molar-refractivity contribution in [2.45, 2.75) is 44.8 Å². The quantitative estimate of drug-likeness (QED) is 0.612. The molecule has 1 aliphatic carbocycles. The molecule has 1 aliphatic heterocycles. The Balaban J connectivity index is 1.65. The van der Waals surface area contributed by atoms with Crippen molar-refractivity contribution in [2.24, 2.45) is 5.16 Å². The second kappa shape index (κ2) is 7.07. The molecule has 5 heteroatoms. The first kappa shape index (κ1) is 13.8. The summed E-state index contributed by atoms with van der Waals surface area (Å²) in [7, 11) is 0. The maximum absolute atomic E-state index is 8.69. The van der Waals surface area contributed by atoms with Gasteiger partial charge in [0.25, 0.3) is 0 Å². The monoisotopic (exact) mass is 256 g/mol. The van der Waals surface area contributed by atoms with E-state index in [-0.39, 0.29) is 6.10 Å². The van der Waals surface area contributed by atoms with Gasteiger partial charge in [-0.05, 0) is 32.2 Å². The predicted molar refractivity (Wildman–Crippen MR) is 69.3 cm³/mol. The molecule has 18 heavy (non-hydrogen) atoms. The van der Waals surface area contributed by atoms with Gasteiger partial charge in [0.05, 0.1) is 31.1 Å². The summed E-state index contributed by atoms with van der Waals surface area (Å²) in [5, 5.41) is 12.0. The average Bonchev–Trinajstić information content (AvgIpc) is 2.46. The van der Waals surface area contributed by atoms with Crippen LogP contribution in [0, 0.1) is 0 Å². The summed E-state index contributed by atoms with van der Waals surface area (Å²) in [5.74, 6) is 0. The molecule has 2 rings (SSSR count). The lowest BCUT2D eigenvalue weighted by Crippen LogP contribution is -2.44. The van der Waals surface area contributed by atoms with Crippen LogP contribution in [0.1, 0.15) is 32.6 Å². The van der Waals surface area contributed by atoms with Crippen molar-refractivity contribution in [3.8, 4) is 0 Å². The van der Waals surface area contributed by atoms with Crippen LogP contribution in [0.25, 0.3) is 0 Å². The molecule has 0 bridgehead atoms. The molecule has 1 saturated heterocycles. The maximum atomic E-state index is 8.69. The number of ether oxygens (including phenoxy) is 2. The summed E-state index contributed by atoms with van der Waals surface area (Å²) >= 11 is 0. The third kappa shape index (κ3) is 3.93. The van der Waals surface area contributed by atoms with E-state index in [0.29, 0.717) is 12.7 Å². The van der Waals surface area contributed by atoms with E-state index in [2.05, 4.69) is 17.0 Å². The molecule has 5 nitrogen and oxygen atoms in total. The summed E-state index contributed by atoms with van der Waals surface area (Å²) in [6, 6.07) is 0. The highest BCUT2D eigenvalue weighted by Crippen LogP contribution is 2.19. The van der Waals surface area contributed by atoms with Crippen molar-refractivity contribution in [3.05, 3.63) is 0 Å². The maximum Gasteiger partial charge on any atom is 0.0935 e. The number of morpholine rings is 1. The van der Waals surface area contributed by atoms with E-state index in [1.54, 1.807) is 0 Å². The molecule has 1 saturated carbocycles. The minimum absolute atomic E-state index is 0.214. The number of rotatable bonds is 4. The van der Waals surface area contributed by atoms with Crippen molar-refractivity contribution < 1.29 is 14.7 Å². The standard InChI is InChI=1S/C13H24N2O3/c1-2-15-7-8-17-13(9-15)10-18-12-5-3-11(14-16)4-6-12/h12-13,16H,2-10H2,1H3. The van der Waals surface area contributed by atoms with E-state index in [1.807, 2.05) is 0 Å². The molecule has 0 amide bonds. The first-order chi connectivity index (χ1) is 8.81. The zero-order valence-corrected chi connectivity index (χ0v) is 11.2. The molecular weight excluding hydrogens is 232 g/mol. The second-order valence-electron chi connectivity index (χ2n) is 5.08. The van der Waals surface area contributed by atoms with Gasteiger partial charge in [0.1, 0.15) is 0 Å². The molecule has 2 fully saturated rings. The molecular formula is C13H24N2O3. The van der Waals surface area contributed by atoms with Crippen LogP contribution < -0.4 is 0 Å². The van der Waals surface area contributed by atoms with E-state index in [4.69, 9.17) is 14.7 Å². The number of oxime groups is 1. The van der Waals surface area contributed by atoms with Crippen molar-refractivity contribution >= 4 is 5.71 Å². The van der Waals surface area contributed by atoms with Gasteiger partial charge in [-0.2, -0.15) is 0 Å². The van der Waals surface area contributed by atoms with Crippen LogP contribution >= 0.6 is 0 Å². The predicted octanol–water partition coefficient (Wildman–Crippen LogP) is 1.50. The lowest BCUT2D eigenvalue weighted by molar-refractivity contribution is -0.0867. The van der Waals surface area contributed by atoms with Gasteiger partial charge in [0.15, 0.2) is 0 Å². The van der Waals surface area contributed by atoms with Crippen molar-refractivity contribution in [3.63, 3.8) is 0 Å². The molecule has 1 heterocycles. The number of hydrogen-bond acceptors (Lipinski definition) is 5. The van der Waals surface area contributed by atoms with Crippen LogP contribution in [0.4, 0.5) is 0 Å². The van der Waals surface area contributed by atoms with Crippen molar-refractivity contribution in [2.75, 3.05) is 32.8 Å². The van der Waals surface area contributed by atoms with Gasteiger partial charge < -0.3 is 14.7 Å². The summed E-state index contributed by atoms with van der Waals surface area (Å²) in [6.07, 6.45) is 4.15. The third-order valence-electron chi connectivity index (χ3n) is 3.84. The molecule has 0 aromatic rings. The Morgan fingerprint density at radius 1 is 1.44 bits per heavy atom. The van der Waals surface area contributed by atoms with Crippen LogP contribution in [0.15, 0.2) is 5.16 Å². The molecule has 2 aliphatic rings. The van der Waals surface area contributed by atoms with Gasteiger partial charge in [-0.3, -0.25) is 4.90 Å². The zero-order valence-electron chi connectivity index (χ0n) is 11.2. The third-order valence-corrected chi connectivity index (χ3v) is 3.84. The van der Waals surface area contributed by atoms with Crippen molar-refractivity contribution in [1.82, 2.24) is 4.90 Å².